The van der Waals surface area contributed by atoms with Crippen LogP contribution in [0, 0.1) is 0 Å². The van der Waals surface area contributed by atoms with Crippen LogP contribution in [-0.4, -0.2) is 43.1 Å². The van der Waals surface area contributed by atoms with Gasteiger partial charge in [0.05, 0.1) is 13.2 Å². The van der Waals surface area contributed by atoms with Crippen molar-refractivity contribution < 1.29 is 14.3 Å². The Hall–Kier alpha value is -2.45. The summed E-state index contributed by atoms with van der Waals surface area (Å²) in [4.78, 5) is 30.4. The molecule has 1 saturated heterocycles. The molecule has 132 valence electrons. The van der Waals surface area contributed by atoms with Gasteiger partial charge >= 0.3 is 0 Å². The van der Waals surface area contributed by atoms with Crippen LogP contribution < -0.4 is 15.8 Å². The van der Waals surface area contributed by atoms with E-state index in [4.69, 9.17) is 4.74 Å². The molecule has 2 N–H and O–H groups in total. The van der Waals surface area contributed by atoms with Gasteiger partial charge < -0.3 is 9.64 Å². The van der Waals surface area contributed by atoms with E-state index in [1.807, 2.05) is 30.3 Å². The highest BCUT2D eigenvalue weighted by Gasteiger charge is 2.17. The topological polar surface area (TPSA) is 83.6 Å². The number of hydrogen-bond donors (Lipinski definition) is 2. The predicted molar refractivity (Wildman–Crippen MR) is 95.5 cm³/mol. The number of benzene rings is 1. The Labute approximate surface area is 150 Å². The Morgan fingerprint density at radius 2 is 1.92 bits per heavy atom. The zero-order valence-electron chi connectivity index (χ0n) is 13.7. The average Bonchev–Trinajstić information content (AvgIpc) is 3.16. The van der Waals surface area contributed by atoms with Crippen molar-refractivity contribution in [3.63, 3.8) is 0 Å². The Bertz CT molecular complexity index is 714. The number of carbonyl (C=O) groups excluding carboxylic acids is 2. The number of aromatic nitrogens is 1. The van der Waals surface area contributed by atoms with Gasteiger partial charge in [-0.2, -0.15) is 0 Å². The smallest absolute Gasteiger partial charge is 0.289 e. The molecular weight excluding hydrogens is 340 g/mol. The Morgan fingerprint density at radius 3 is 2.68 bits per heavy atom. The molecule has 1 fully saturated rings. The summed E-state index contributed by atoms with van der Waals surface area (Å²) in [5.74, 6) is -0.648. The van der Waals surface area contributed by atoms with E-state index in [1.165, 1.54) is 11.3 Å². The maximum Gasteiger partial charge on any atom is 0.289 e. The molecule has 3 rings (SSSR count). The third kappa shape index (κ3) is 5.01. The summed E-state index contributed by atoms with van der Waals surface area (Å²) in [6.07, 6.45) is 0.931. The summed E-state index contributed by atoms with van der Waals surface area (Å²) in [6.45, 7) is 2.87. The van der Waals surface area contributed by atoms with Crippen molar-refractivity contribution in [1.82, 2.24) is 15.8 Å². The summed E-state index contributed by atoms with van der Waals surface area (Å²) in [5.41, 5.74) is 6.23. The molecule has 0 aliphatic carbocycles. The van der Waals surface area contributed by atoms with E-state index in [1.54, 1.807) is 5.38 Å². The minimum atomic E-state index is -0.413. The maximum atomic E-state index is 12.1. The first-order valence-electron chi connectivity index (χ1n) is 8.14. The number of ether oxygens (including phenoxy) is 1. The molecule has 0 atom stereocenters. The molecule has 8 heteroatoms. The summed E-state index contributed by atoms with van der Waals surface area (Å²) >= 11 is 1.41. The number of morpholine rings is 1. The molecule has 1 aromatic heterocycles. The summed E-state index contributed by atoms with van der Waals surface area (Å²) in [6, 6.07) is 9.73. The highest BCUT2D eigenvalue weighted by Crippen LogP contribution is 2.21. The van der Waals surface area contributed by atoms with Crippen LogP contribution in [0.3, 0.4) is 0 Å². The first-order valence-corrected chi connectivity index (χ1v) is 9.01. The van der Waals surface area contributed by atoms with E-state index in [2.05, 4.69) is 20.7 Å². The van der Waals surface area contributed by atoms with Crippen molar-refractivity contribution in [1.29, 1.82) is 0 Å². The van der Waals surface area contributed by atoms with Crippen LogP contribution in [0.15, 0.2) is 35.7 Å². The number of anilines is 1. The van der Waals surface area contributed by atoms with Gasteiger partial charge in [-0.05, 0) is 12.0 Å². The third-order valence-corrected chi connectivity index (χ3v) is 4.71. The summed E-state index contributed by atoms with van der Waals surface area (Å²) in [7, 11) is 0. The molecule has 0 spiro atoms. The maximum absolute atomic E-state index is 12.1. The lowest BCUT2D eigenvalue weighted by molar-refractivity contribution is -0.121. The number of carbonyl (C=O) groups is 2. The van der Waals surface area contributed by atoms with Gasteiger partial charge in [0.15, 0.2) is 5.13 Å². The molecular formula is C17H20N4O3S. The van der Waals surface area contributed by atoms with Crippen LogP contribution in [0.1, 0.15) is 22.5 Å². The highest BCUT2D eigenvalue weighted by molar-refractivity contribution is 7.13. The summed E-state index contributed by atoms with van der Waals surface area (Å²) in [5, 5.41) is 2.49. The highest BCUT2D eigenvalue weighted by atomic mass is 32.1. The fourth-order valence-corrected chi connectivity index (χ4v) is 3.28. The van der Waals surface area contributed by atoms with Crippen LogP contribution in [-0.2, 0) is 16.0 Å². The quantitative estimate of drug-likeness (QED) is 0.787. The molecule has 2 amide bonds. The second-order valence-corrected chi connectivity index (χ2v) is 6.44. The molecule has 0 radical (unpaired) electrons. The summed E-state index contributed by atoms with van der Waals surface area (Å²) < 4.78 is 5.30. The minimum absolute atomic E-state index is 0.235. The molecule has 25 heavy (non-hydrogen) atoms. The zero-order chi connectivity index (χ0) is 17.5. The normalized spacial score (nSPS) is 14.2. The van der Waals surface area contributed by atoms with Gasteiger partial charge in [-0.15, -0.1) is 11.3 Å². The first kappa shape index (κ1) is 17.4. The van der Waals surface area contributed by atoms with Gasteiger partial charge in [0.2, 0.25) is 5.91 Å². The lowest BCUT2D eigenvalue weighted by Crippen LogP contribution is -2.42. The first-order chi connectivity index (χ1) is 12.2. The molecule has 1 aliphatic heterocycles. The van der Waals surface area contributed by atoms with Crippen LogP contribution in [0.2, 0.25) is 0 Å². The second-order valence-electron chi connectivity index (χ2n) is 5.60. The number of thiazole rings is 1. The number of hydrogen-bond acceptors (Lipinski definition) is 6. The minimum Gasteiger partial charge on any atom is -0.378 e. The van der Waals surface area contributed by atoms with E-state index in [0.29, 0.717) is 31.7 Å². The fraction of sp³-hybridized carbons (Fsp3) is 0.353. The van der Waals surface area contributed by atoms with Crippen molar-refractivity contribution >= 4 is 28.3 Å². The fourth-order valence-electron chi connectivity index (χ4n) is 2.42. The molecule has 7 nitrogen and oxygen atoms in total. The largest absolute Gasteiger partial charge is 0.378 e. The van der Waals surface area contributed by atoms with E-state index in [9.17, 15) is 9.59 Å². The van der Waals surface area contributed by atoms with Crippen molar-refractivity contribution in [2.24, 2.45) is 0 Å². The van der Waals surface area contributed by atoms with Gasteiger partial charge in [0.25, 0.3) is 5.91 Å². The lowest BCUT2D eigenvalue weighted by atomic mass is 10.1. The molecule has 2 aromatic rings. The number of nitrogens with zero attached hydrogens (tertiary/aromatic N) is 2. The molecule has 1 aromatic carbocycles. The standard InChI is InChI=1S/C17H20N4O3S/c22-15(7-6-13-4-2-1-3-5-13)19-20-16(23)14-12-25-17(18-14)21-8-10-24-11-9-21/h1-5,12H,6-11H2,(H,19,22)(H,20,23). The molecule has 1 aliphatic rings. The predicted octanol–water partition coefficient (Wildman–Crippen LogP) is 1.37. The molecule has 0 unspecified atom stereocenters. The molecule has 0 bridgehead atoms. The monoisotopic (exact) mass is 360 g/mol. The zero-order valence-corrected chi connectivity index (χ0v) is 14.6. The van der Waals surface area contributed by atoms with E-state index < -0.39 is 5.91 Å². The van der Waals surface area contributed by atoms with Crippen LogP contribution >= 0.6 is 11.3 Å². The number of hydrazine groups is 1. The van der Waals surface area contributed by atoms with Gasteiger partial charge in [-0.3, -0.25) is 20.4 Å². The van der Waals surface area contributed by atoms with E-state index in [0.717, 1.165) is 23.8 Å². The van der Waals surface area contributed by atoms with Gasteiger partial charge in [-0.25, -0.2) is 4.98 Å². The number of aryl methyl sites for hydroxylation is 1. The van der Waals surface area contributed by atoms with Crippen LogP contribution in [0.5, 0.6) is 0 Å². The van der Waals surface area contributed by atoms with Crippen LogP contribution in [0.4, 0.5) is 5.13 Å². The lowest BCUT2D eigenvalue weighted by Gasteiger charge is -2.25. The van der Waals surface area contributed by atoms with Crippen molar-refractivity contribution in [2.75, 3.05) is 31.2 Å². The molecule has 2 heterocycles. The number of amides is 2. The van der Waals surface area contributed by atoms with Crippen LogP contribution in [0.25, 0.3) is 0 Å². The van der Waals surface area contributed by atoms with Crippen molar-refractivity contribution in [2.45, 2.75) is 12.8 Å². The number of nitrogens with one attached hydrogen (secondary N) is 2. The van der Waals surface area contributed by atoms with Crippen molar-refractivity contribution in [3.8, 4) is 0 Å². The van der Waals surface area contributed by atoms with Gasteiger partial charge in [-0.1, -0.05) is 30.3 Å². The third-order valence-electron chi connectivity index (χ3n) is 3.81. The average molecular weight is 360 g/mol. The Balaban J connectivity index is 1.44. The molecule has 0 saturated carbocycles. The number of rotatable bonds is 5. The van der Waals surface area contributed by atoms with Gasteiger partial charge in [0.1, 0.15) is 5.69 Å². The van der Waals surface area contributed by atoms with E-state index >= 15 is 0 Å². The van der Waals surface area contributed by atoms with Gasteiger partial charge in [0, 0.05) is 24.9 Å². The SMILES string of the molecule is O=C(CCc1ccccc1)NNC(=O)c1csc(N2CCOCC2)n1. The Kier molecular flexibility index (Phi) is 5.97. The second kappa shape index (κ2) is 8.59. The Morgan fingerprint density at radius 1 is 1.16 bits per heavy atom. The van der Waals surface area contributed by atoms with Crippen molar-refractivity contribution in [3.05, 3.63) is 47.0 Å². The van der Waals surface area contributed by atoms with E-state index in [-0.39, 0.29) is 5.91 Å².